The lowest BCUT2D eigenvalue weighted by Gasteiger charge is -2.21. The Labute approximate surface area is 109 Å². The second-order valence-electron chi connectivity index (χ2n) is 5.03. The summed E-state index contributed by atoms with van der Waals surface area (Å²) in [5.41, 5.74) is 2.30. The minimum Gasteiger partial charge on any atom is -0.350 e. The van der Waals surface area contributed by atoms with E-state index in [4.69, 9.17) is 0 Å². The Morgan fingerprint density at radius 1 is 1.22 bits per heavy atom. The molecule has 1 aromatic carbocycles. The Kier molecular flexibility index (Phi) is 4.57. The number of rotatable bonds is 3. The molecule has 1 aliphatic rings. The normalized spacial score (nSPS) is 16.9. The van der Waals surface area contributed by atoms with Crippen molar-refractivity contribution in [2.45, 2.75) is 45.1 Å². The van der Waals surface area contributed by atoms with Gasteiger partial charge in [0.25, 0.3) is 0 Å². The van der Waals surface area contributed by atoms with Crippen molar-refractivity contribution in [2.24, 2.45) is 0 Å². The lowest BCUT2D eigenvalue weighted by atomic mass is 9.95. The van der Waals surface area contributed by atoms with Crippen LogP contribution >= 0.6 is 0 Å². The van der Waals surface area contributed by atoms with Gasteiger partial charge in [0, 0.05) is 12.1 Å². The molecule has 1 saturated carbocycles. The number of hydrogen-bond donors (Lipinski definition) is 1. The van der Waals surface area contributed by atoms with E-state index in [0.29, 0.717) is 6.04 Å². The van der Waals surface area contributed by atoms with Crippen molar-refractivity contribution in [2.75, 3.05) is 0 Å². The lowest BCUT2D eigenvalue weighted by molar-refractivity contribution is -0.117. The molecule has 1 aliphatic carbocycles. The van der Waals surface area contributed by atoms with Gasteiger partial charge in [-0.2, -0.15) is 0 Å². The van der Waals surface area contributed by atoms with E-state index in [1.165, 1.54) is 24.8 Å². The number of amides is 1. The molecule has 2 rings (SSSR count). The summed E-state index contributed by atoms with van der Waals surface area (Å²) in [6.45, 7) is 2.05. The van der Waals surface area contributed by atoms with Crippen LogP contribution in [0.2, 0.25) is 0 Å². The first-order valence-corrected chi connectivity index (χ1v) is 6.80. The van der Waals surface area contributed by atoms with Crippen LogP contribution in [0.3, 0.4) is 0 Å². The van der Waals surface area contributed by atoms with Crippen LogP contribution in [-0.2, 0) is 4.79 Å². The van der Waals surface area contributed by atoms with E-state index in [9.17, 15) is 4.79 Å². The molecule has 2 heteroatoms. The van der Waals surface area contributed by atoms with Gasteiger partial charge in [0.1, 0.15) is 0 Å². The highest BCUT2D eigenvalue weighted by Gasteiger charge is 2.13. The Morgan fingerprint density at radius 2 is 1.94 bits per heavy atom. The zero-order valence-electron chi connectivity index (χ0n) is 11.0. The fraction of sp³-hybridized carbons (Fsp3) is 0.438. The minimum absolute atomic E-state index is 0.0325. The van der Waals surface area contributed by atoms with Gasteiger partial charge in [-0.3, -0.25) is 4.79 Å². The number of carbonyl (C=O) groups is 1. The molecule has 0 aromatic heterocycles. The van der Waals surface area contributed by atoms with Gasteiger partial charge in [-0.25, -0.2) is 0 Å². The quantitative estimate of drug-likeness (QED) is 0.809. The first-order valence-electron chi connectivity index (χ1n) is 6.80. The molecule has 1 amide bonds. The summed E-state index contributed by atoms with van der Waals surface area (Å²) in [5.74, 6) is 0.0325. The van der Waals surface area contributed by atoms with E-state index < -0.39 is 0 Å². The molecule has 0 aliphatic heterocycles. The maximum Gasteiger partial charge on any atom is 0.244 e. The zero-order valence-corrected chi connectivity index (χ0v) is 11.0. The number of aryl methyl sites for hydroxylation is 1. The first-order chi connectivity index (χ1) is 8.75. The SMILES string of the molecule is Cc1ccccc1/C=C/C(=O)NC1CCCCC1. The van der Waals surface area contributed by atoms with Crippen LogP contribution in [0.1, 0.15) is 43.2 Å². The summed E-state index contributed by atoms with van der Waals surface area (Å²) < 4.78 is 0. The van der Waals surface area contributed by atoms with E-state index in [0.717, 1.165) is 18.4 Å². The molecule has 1 N–H and O–H groups in total. The summed E-state index contributed by atoms with van der Waals surface area (Å²) in [4.78, 5) is 11.8. The van der Waals surface area contributed by atoms with Crippen LogP contribution in [0.4, 0.5) is 0 Å². The lowest BCUT2D eigenvalue weighted by Crippen LogP contribution is -2.34. The van der Waals surface area contributed by atoms with E-state index in [-0.39, 0.29) is 5.91 Å². The van der Waals surface area contributed by atoms with Gasteiger partial charge in [0.2, 0.25) is 5.91 Å². The largest absolute Gasteiger partial charge is 0.350 e. The third kappa shape index (κ3) is 3.73. The molecular formula is C16H21NO. The molecule has 0 unspecified atom stereocenters. The van der Waals surface area contributed by atoms with Crippen molar-refractivity contribution >= 4 is 12.0 Å². The number of nitrogens with one attached hydrogen (secondary N) is 1. The third-order valence-electron chi connectivity index (χ3n) is 3.55. The topological polar surface area (TPSA) is 29.1 Å². The molecule has 96 valence electrons. The molecular weight excluding hydrogens is 222 g/mol. The van der Waals surface area contributed by atoms with E-state index in [1.54, 1.807) is 6.08 Å². The van der Waals surface area contributed by atoms with Crippen molar-refractivity contribution in [3.8, 4) is 0 Å². The molecule has 0 heterocycles. The average molecular weight is 243 g/mol. The predicted molar refractivity (Wildman–Crippen MR) is 75.2 cm³/mol. The fourth-order valence-electron chi connectivity index (χ4n) is 2.44. The van der Waals surface area contributed by atoms with Gasteiger partial charge < -0.3 is 5.32 Å². The Balaban J connectivity index is 1.88. The second kappa shape index (κ2) is 6.39. The Morgan fingerprint density at radius 3 is 2.67 bits per heavy atom. The van der Waals surface area contributed by atoms with Crippen LogP contribution in [-0.4, -0.2) is 11.9 Å². The van der Waals surface area contributed by atoms with Gasteiger partial charge in [-0.05, 0) is 37.0 Å². The van der Waals surface area contributed by atoms with Gasteiger partial charge in [-0.1, -0.05) is 43.5 Å². The molecule has 2 nitrogen and oxygen atoms in total. The van der Waals surface area contributed by atoms with Crippen LogP contribution in [0.15, 0.2) is 30.3 Å². The maximum atomic E-state index is 11.8. The summed E-state index contributed by atoms with van der Waals surface area (Å²) >= 11 is 0. The average Bonchev–Trinajstić information content (AvgIpc) is 2.39. The van der Waals surface area contributed by atoms with Crippen LogP contribution in [0.5, 0.6) is 0 Å². The van der Waals surface area contributed by atoms with Crippen molar-refractivity contribution in [1.29, 1.82) is 0 Å². The van der Waals surface area contributed by atoms with Gasteiger partial charge in [-0.15, -0.1) is 0 Å². The smallest absolute Gasteiger partial charge is 0.244 e. The second-order valence-corrected chi connectivity index (χ2v) is 5.03. The van der Waals surface area contributed by atoms with E-state index >= 15 is 0 Å². The molecule has 1 aromatic rings. The van der Waals surface area contributed by atoms with Crippen LogP contribution in [0, 0.1) is 6.92 Å². The van der Waals surface area contributed by atoms with Crippen LogP contribution < -0.4 is 5.32 Å². The predicted octanol–water partition coefficient (Wildman–Crippen LogP) is 3.46. The minimum atomic E-state index is 0.0325. The van der Waals surface area contributed by atoms with Gasteiger partial charge in [0.05, 0.1) is 0 Å². The summed E-state index contributed by atoms with van der Waals surface area (Å²) in [6, 6.07) is 8.46. The highest BCUT2D eigenvalue weighted by molar-refractivity contribution is 5.92. The number of carbonyl (C=O) groups excluding carboxylic acids is 1. The van der Waals surface area contributed by atoms with Gasteiger partial charge >= 0.3 is 0 Å². The van der Waals surface area contributed by atoms with Crippen molar-refractivity contribution in [1.82, 2.24) is 5.32 Å². The Hall–Kier alpha value is -1.57. The molecule has 0 saturated heterocycles. The number of hydrogen-bond acceptors (Lipinski definition) is 1. The molecule has 0 spiro atoms. The van der Waals surface area contributed by atoms with Crippen molar-refractivity contribution in [3.63, 3.8) is 0 Å². The monoisotopic (exact) mass is 243 g/mol. The summed E-state index contributed by atoms with van der Waals surface area (Å²) in [5, 5.41) is 3.08. The molecule has 1 fully saturated rings. The van der Waals surface area contributed by atoms with Crippen LogP contribution in [0.25, 0.3) is 6.08 Å². The molecule has 18 heavy (non-hydrogen) atoms. The summed E-state index contributed by atoms with van der Waals surface area (Å²) in [7, 11) is 0. The van der Waals surface area contributed by atoms with Crippen molar-refractivity contribution in [3.05, 3.63) is 41.5 Å². The van der Waals surface area contributed by atoms with E-state index in [2.05, 4.69) is 18.3 Å². The van der Waals surface area contributed by atoms with Crippen molar-refractivity contribution < 1.29 is 4.79 Å². The Bertz CT molecular complexity index is 430. The fourth-order valence-corrected chi connectivity index (χ4v) is 2.44. The summed E-state index contributed by atoms with van der Waals surface area (Å²) in [6.07, 6.45) is 9.60. The highest BCUT2D eigenvalue weighted by atomic mass is 16.1. The van der Waals surface area contributed by atoms with Gasteiger partial charge in [0.15, 0.2) is 0 Å². The van der Waals surface area contributed by atoms with E-state index in [1.807, 2.05) is 24.3 Å². The molecule has 0 bridgehead atoms. The standard InChI is InChI=1S/C16H21NO/c1-13-7-5-6-8-14(13)11-12-16(18)17-15-9-3-2-4-10-15/h5-8,11-12,15H,2-4,9-10H2,1H3,(H,17,18)/b12-11+. The third-order valence-corrected chi connectivity index (χ3v) is 3.55. The maximum absolute atomic E-state index is 11.8. The molecule has 0 radical (unpaired) electrons. The zero-order chi connectivity index (χ0) is 12.8. The molecule has 0 atom stereocenters. The number of benzene rings is 1. The first kappa shape index (κ1) is 12.9. The highest BCUT2D eigenvalue weighted by Crippen LogP contribution is 2.17.